The van der Waals surface area contributed by atoms with Gasteiger partial charge >= 0.3 is 5.97 Å². The Bertz CT molecular complexity index is 591. The summed E-state index contributed by atoms with van der Waals surface area (Å²) >= 11 is 5.95. The lowest BCUT2D eigenvalue weighted by atomic mass is 10.3. The molecule has 0 unspecified atom stereocenters. The number of anilines is 1. The van der Waals surface area contributed by atoms with Gasteiger partial charge in [-0.1, -0.05) is 0 Å². The van der Waals surface area contributed by atoms with Crippen molar-refractivity contribution >= 4 is 56.2 Å². The van der Waals surface area contributed by atoms with Crippen LogP contribution in [0.1, 0.15) is 20.0 Å². The summed E-state index contributed by atoms with van der Waals surface area (Å²) in [7, 11) is 1.31. The minimum absolute atomic E-state index is 0.250. The highest BCUT2D eigenvalue weighted by Gasteiger charge is 2.16. The second-order valence-electron chi connectivity index (χ2n) is 3.25. The summed E-state index contributed by atoms with van der Waals surface area (Å²) < 4.78 is 5.52. The lowest BCUT2D eigenvalue weighted by Gasteiger charge is -2.03. The first-order valence-electron chi connectivity index (χ1n) is 4.83. The van der Waals surface area contributed by atoms with E-state index in [4.69, 9.17) is 0 Å². The molecule has 0 fully saturated rings. The Kier molecular flexibility index (Phi) is 4.15. The Morgan fingerprint density at radius 3 is 2.78 bits per heavy atom. The Morgan fingerprint density at radius 2 is 2.17 bits per heavy atom. The summed E-state index contributed by atoms with van der Waals surface area (Å²) in [6, 6.07) is 3.40. The number of ether oxygens (including phenoxy) is 1. The first-order chi connectivity index (χ1) is 8.61. The molecule has 0 radical (unpaired) electrons. The van der Waals surface area contributed by atoms with Gasteiger partial charge in [-0.05, 0) is 33.4 Å². The molecule has 0 aliphatic heterocycles. The molecule has 1 amide bonds. The van der Waals surface area contributed by atoms with Crippen LogP contribution in [-0.2, 0) is 4.74 Å². The van der Waals surface area contributed by atoms with E-state index in [0.717, 1.165) is 3.79 Å². The van der Waals surface area contributed by atoms with Crippen molar-refractivity contribution in [2.24, 2.45) is 0 Å². The Balaban J connectivity index is 2.17. The van der Waals surface area contributed by atoms with Crippen LogP contribution < -0.4 is 5.32 Å². The molecule has 0 aromatic carbocycles. The molecule has 18 heavy (non-hydrogen) atoms. The lowest BCUT2D eigenvalue weighted by molar-refractivity contribution is 0.0607. The first kappa shape index (κ1) is 13.3. The third-order valence-corrected chi connectivity index (χ3v) is 4.51. The summed E-state index contributed by atoms with van der Waals surface area (Å²) in [4.78, 5) is 23.8. The van der Waals surface area contributed by atoms with E-state index in [2.05, 4.69) is 26.0 Å². The standard InChI is InChI=1S/C11H8BrNO3S2/c1-16-11(15)9-7(2-3-17-9)13-10(14)6-4-8(12)18-5-6/h2-5H,1H3,(H,13,14). The summed E-state index contributed by atoms with van der Waals surface area (Å²) in [5.41, 5.74) is 1.02. The van der Waals surface area contributed by atoms with E-state index in [-0.39, 0.29) is 5.91 Å². The molecule has 1 N–H and O–H groups in total. The highest BCUT2D eigenvalue weighted by Crippen LogP contribution is 2.25. The molecule has 2 aromatic heterocycles. The van der Waals surface area contributed by atoms with Gasteiger partial charge in [0.1, 0.15) is 4.88 Å². The monoisotopic (exact) mass is 345 g/mol. The van der Waals surface area contributed by atoms with E-state index in [1.54, 1.807) is 22.9 Å². The number of carbonyl (C=O) groups is 2. The number of thiophene rings is 2. The quantitative estimate of drug-likeness (QED) is 0.864. The molecule has 2 heterocycles. The minimum Gasteiger partial charge on any atom is -0.465 e. The molecule has 4 nitrogen and oxygen atoms in total. The molecule has 0 bridgehead atoms. The van der Waals surface area contributed by atoms with Gasteiger partial charge in [0.2, 0.25) is 0 Å². The van der Waals surface area contributed by atoms with Gasteiger partial charge in [-0.3, -0.25) is 4.79 Å². The van der Waals surface area contributed by atoms with Crippen molar-refractivity contribution in [1.82, 2.24) is 0 Å². The zero-order valence-electron chi connectivity index (χ0n) is 9.23. The van der Waals surface area contributed by atoms with Gasteiger partial charge in [-0.15, -0.1) is 22.7 Å². The topological polar surface area (TPSA) is 55.4 Å². The molecular formula is C11H8BrNO3S2. The smallest absolute Gasteiger partial charge is 0.350 e. The van der Waals surface area contributed by atoms with Crippen LogP contribution in [-0.4, -0.2) is 19.0 Å². The fourth-order valence-corrected chi connectivity index (χ4v) is 3.18. The van der Waals surface area contributed by atoms with Gasteiger partial charge in [0.05, 0.1) is 22.1 Å². The fraction of sp³-hybridized carbons (Fsp3) is 0.0909. The maximum Gasteiger partial charge on any atom is 0.350 e. The van der Waals surface area contributed by atoms with E-state index in [9.17, 15) is 9.59 Å². The van der Waals surface area contributed by atoms with Crippen molar-refractivity contribution in [3.8, 4) is 0 Å². The minimum atomic E-state index is -0.452. The zero-order chi connectivity index (χ0) is 13.1. The van der Waals surface area contributed by atoms with Gasteiger partial charge in [-0.2, -0.15) is 0 Å². The number of methoxy groups -OCH3 is 1. The number of carbonyl (C=O) groups excluding carboxylic acids is 2. The zero-order valence-corrected chi connectivity index (χ0v) is 12.4. The second-order valence-corrected chi connectivity index (χ2v) is 6.46. The SMILES string of the molecule is COC(=O)c1sccc1NC(=O)c1csc(Br)c1. The van der Waals surface area contributed by atoms with Crippen LogP contribution in [0.15, 0.2) is 26.7 Å². The third-order valence-electron chi connectivity index (χ3n) is 2.11. The van der Waals surface area contributed by atoms with E-state index < -0.39 is 5.97 Å². The van der Waals surface area contributed by atoms with E-state index in [1.807, 2.05) is 0 Å². The Labute approximate surface area is 120 Å². The molecule has 0 aliphatic rings. The van der Waals surface area contributed by atoms with Crippen LogP contribution in [0.4, 0.5) is 5.69 Å². The number of nitrogens with one attached hydrogen (secondary N) is 1. The van der Waals surface area contributed by atoms with E-state index in [0.29, 0.717) is 16.1 Å². The molecule has 2 aromatic rings. The van der Waals surface area contributed by atoms with Crippen LogP contribution >= 0.6 is 38.6 Å². The summed E-state index contributed by atoms with van der Waals surface area (Å²) in [5, 5.41) is 6.16. The summed E-state index contributed by atoms with van der Waals surface area (Å²) in [6.45, 7) is 0. The van der Waals surface area contributed by atoms with Gasteiger partial charge < -0.3 is 10.1 Å². The van der Waals surface area contributed by atoms with Crippen LogP contribution in [0.25, 0.3) is 0 Å². The van der Waals surface area contributed by atoms with Crippen molar-refractivity contribution in [1.29, 1.82) is 0 Å². The van der Waals surface area contributed by atoms with E-state index in [1.165, 1.54) is 29.8 Å². The predicted octanol–water partition coefficient (Wildman–Crippen LogP) is 3.61. The van der Waals surface area contributed by atoms with Crippen molar-refractivity contribution in [3.05, 3.63) is 37.1 Å². The Hall–Kier alpha value is -1.18. The molecule has 0 saturated heterocycles. The Morgan fingerprint density at radius 1 is 1.39 bits per heavy atom. The molecule has 0 atom stereocenters. The third kappa shape index (κ3) is 2.80. The molecular weight excluding hydrogens is 338 g/mol. The predicted molar refractivity (Wildman–Crippen MR) is 75.6 cm³/mol. The van der Waals surface area contributed by atoms with E-state index >= 15 is 0 Å². The number of rotatable bonds is 3. The average Bonchev–Trinajstić information content (AvgIpc) is 2.97. The highest BCUT2D eigenvalue weighted by atomic mass is 79.9. The molecule has 0 spiro atoms. The van der Waals surface area contributed by atoms with Crippen LogP contribution in [0, 0.1) is 0 Å². The number of hydrogen-bond donors (Lipinski definition) is 1. The number of hydrogen-bond acceptors (Lipinski definition) is 5. The molecule has 7 heteroatoms. The summed E-state index contributed by atoms with van der Waals surface area (Å²) in [5.74, 6) is -0.702. The molecule has 94 valence electrons. The summed E-state index contributed by atoms with van der Waals surface area (Å²) in [6.07, 6.45) is 0. The van der Waals surface area contributed by atoms with Crippen molar-refractivity contribution in [2.75, 3.05) is 12.4 Å². The van der Waals surface area contributed by atoms with Crippen LogP contribution in [0.5, 0.6) is 0 Å². The van der Waals surface area contributed by atoms with Crippen molar-refractivity contribution in [3.63, 3.8) is 0 Å². The number of esters is 1. The lowest BCUT2D eigenvalue weighted by Crippen LogP contribution is -2.13. The number of halogens is 1. The van der Waals surface area contributed by atoms with Gasteiger partial charge in [0.25, 0.3) is 5.91 Å². The first-order valence-corrected chi connectivity index (χ1v) is 7.38. The average molecular weight is 346 g/mol. The van der Waals surface area contributed by atoms with Gasteiger partial charge in [0.15, 0.2) is 0 Å². The van der Waals surface area contributed by atoms with Crippen LogP contribution in [0.2, 0.25) is 0 Å². The largest absolute Gasteiger partial charge is 0.465 e. The van der Waals surface area contributed by atoms with Crippen molar-refractivity contribution in [2.45, 2.75) is 0 Å². The second kappa shape index (κ2) is 5.64. The van der Waals surface area contributed by atoms with Gasteiger partial charge in [-0.25, -0.2) is 4.79 Å². The molecule has 0 aliphatic carbocycles. The van der Waals surface area contributed by atoms with Crippen molar-refractivity contribution < 1.29 is 14.3 Å². The normalized spacial score (nSPS) is 10.1. The number of amides is 1. The van der Waals surface area contributed by atoms with Crippen LogP contribution in [0.3, 0.4) is 0 Å². The maximum absolute atomic E-state index is 11.9. The molecule has 2 rings (SSSR count). The molecule has 0 saturated carbocycles. The maximum atomic E-state index is 11.9. The van der Waals surface area contributed by atoms with Gasteiger partial charge in [0, 0.05) is 5.38 Å². The fourth-order valence-electron chi connectivity index (χ4n) is 1.28. The highest BCUT2D eigenvalue weighted by molar-refractivity contribution is 9.11.